The number of carbonyl (C=O) groups is 1. The lowest BCUT2D eigenvalue weighted by atomic mass is 10.1. The fourth-order valence-corrected chi connectivity index (χ4v) is 1.41. The minimum atomic E-state index is -0.524. The van der Waals surface area contributed by atoms with Gasteiger partial charge >= 0.3 is 0 Å². The van der Waals surface area contributed by atoms with Crippen LogP contribution in [0.4, 0.5) is 0 Å². The normalized spacial score (nSPS) is 15.3. The Kier molecular flexibility index (Phi) is 6.49. The zero-order chi connectivity index (χ0) is 11.1. The lowest BCUT2D eigenvalue weighted by Gasteiger charge is -2.19. The molecule has 0 radical (unpaired) electrons. The highest BCUT2D eigenvalue weighted by atomic mass is 16.5. The van der Waals surface area contributed by atoms with Gasteiger partial charge in [-0.15, -0.1) is 0 Å². The Labute approximate surface area is 86.2 Å². The molecule has 0 aromatic heterocycles. The number of ether oxygens (including phenoxy) is 1. The van der Waals surface area contributed by atoms with Crippen LogP contribution in [0.1, 0.15) is 27.2 Å². The van der Waals surface area contributed by atoms with Gasteiger partial charge in [0.2, 0.25) is 0 Å². The lowest BCUT2D eigenvalue weighted by molar-refractivity contribution is -0.131. The third kappa shape index (κ3) is 5.19. The van der Waals surface area contributed by atoms with Crippen LogP contribution >= 0.6 is 0 Å². The molecule has 4 nitrogen and oxygen atoms in total. The van der Waals surface area contributed by atoms with Crippen molar-refractivity contribution in [2.45, 2.75) is 39.3 Å². The zero-order valence-corrected chi connectivity index (χ0v) is 9.54. The summed E-state index contributed by atoms with van der Waals surface area (Å²) in [5.74, 6) is 0.451. The molecule has 0 fully saturated rings. The first kappa shape index (κ1) is 13.4. The Morgan fingerprint density at radius 2 is 2.00 bits per heavy atom. The first-order valence-electron chi connectivity index (χ1n) is 5.04. The molecule has 0 saturated carbocycles. The number of hydrogen-bond donors (Lipinski definition) is 2. The van der Waals surface area contributed by atoms with E-state index in [0.29, 0.717) is 5.92 Å². The number of nitrogens with one attached hydrogen (secondary N) is 1. The fraction of sp³-hybridized carbons (Fsp3) is 0.900. The standard InChI is InChI=1S/C10H22N2O2/c1-7(2)5-8(3)12-10(13)9(6-11)14-4/h7-9H,5-6,11H2,1-4H3,(H,12,13). The lowest BCUT2D eigenvalue weighted by Crippen LogP contribution is -2.44. The highest BCUT2D eigenvalue weighted by molar-refractivity contribution is 5.81. The molecule has 0 bridgehead atoms. The minimum Gasteiger partial charge on any atom is -0.370 e. The number of rotatable bonds is 6. The van der Waals surface area contributed by atoms with Gasteiger partial charge in [-0.25, -0.2) is 0 Å². The Morgan fingerprint density at radius 3 is 2.36 bits per heavy atom. The molecule has 2 atom stereocenters. The Balaban J connectivity index is 3.91. The smallest absolute Gasteiger partial charge is 0.250 e. The van der Waals surface area contributed by atoms with Crippen LogP contribution in [0.3, 0.4) is 0 Å². The van der Waals surface area contributed by atoms with Crippen molar-refractivity contribution in [1.82, 2.24) is 5.32 Å². The van der Waals surface area contributed by atoms with Gasteiger partial charge in [-0.1, -0.05) is 13.8 Å². The Morgan fingerprint density at radius 1 is 1.43 bits per heavy atom. The highest BCUT2D eigenvalue weighted by Crippen LogP contribution is 2.04. The molecule has 0 aliphatic rings. The molecule has 3 N–H and O–H groups in total. The molecule has 0 saturated heterocycles. The molecule has 84 valence electrons. The molecule has 0 aromatic carbocycles. The molecule has 0 heterocycles. The molecule has 14 heavy (non-hydrogen) atoms. The van der Waals surface area contributed by atoms with Crippen molar-refractivity contribution in [3.8, 4) is 0 Å². The molecule has 1 amide bonds. The zero-order valence-electron chi connectivity index (χ0n) is 9.54. The van der Waals surface area contributed by atoms with Crippen LogP contribution in [-0.2, 0) is 9.53 Å². The van der Waals surface area contributed by atoms with Crippen molar-refractivity contribution in [1.29, 1.82) is 0 Å². The maximum Gasteiger partial charge on any atom is 0.250 e. The molecule has 0 aromatic rings. The molecule has 0 aliphatic carbocycles. The van der Waals surface area contributed by atoms with Crippen LogP contribution in [0.15, 0.2) is 0 Å². The van der Waals surface area contributed by atoms with E-state index in [1.54, 1.807) is 0 Å². The Hall–Kier alpha value is -0.610. The van der Waals surface area contributed by atoms with Crippen LogP contribution in [-0.4, -0.2) is 31.7 Å². The largest absolute Gasteiger partial charge is 0.370 e. The van der Waals surface area contributed by atoms with Gasteiger partial charge in [-0.05, 0) is 19.3 Å². The van der Waals surface area contributed by atoms with E-state index in [2.05, 4.69) is 19.2 Å². The van der Waals surface area contributed by atoms with Crippen molar-refractivity contribution in [2.75, 3.05) is 13.7 Å². The number of carbonyl (C=O) groups excluding carboxylic acids is 1. The second-order valence-corrected chi connectivity index (χ2v) is 4.00. The van der Waals surface area contributed by atoms with Crippen LogP contribution in [0.25, 0.3) is 0 Å². The van der Waals surface area contributed by atoms with Crippen molar-refractivity contribution in [3.63, 3.8) is 0 Å². The van der Waals surface area contributed by atoms with Gasteiger partial charge in [0.05, 0.1) is 0 Å². The molecule has 0 spiro atoms. The molecular formula is C10H22N2O2. The summed E-state index contributed by atoms with van der Waals surface area (Å²) in [6.45, 7) is 6.46. The summed E-state index contributed by atoms with van der Waals surface area (Å²) in [5, 5.41) is 2.87. The summed E-state index contributed by atoms with van der Waals surface area (Å²) in [4.78, 5) is 11.5. The van der Waals surface area contributed by atoms with Crippen molar-refractivity contribution in [3.05, 3.63) is 0 Å². The molecular weight excluding hydrogens is 180 g/mol. The van der Waals surface area contributed by atoms with Crippen LogP contribution in [0, 0.1) is 5.92 Å². The van der Waals surface area contributed by atoms with Gasteiger partial charge in [-0.2, -0.15) is 0 Å². The molecule has 0 aliphatic heterocycles. The van der Waals surface area contributed by atoms with Gasteiger partial charge in [0, 0.05) is 19.7 Å². The topological polar surface area (TPSA) is 64.3 Å². The third-order valence-corrected chi connectivity index (χ3v) is 2.00. The number of nitrogens with two attached hydrogens (primary N) is 1. The van der Waals surface area contributed by atoms with Crippen molar-refractivity contribution in [2.24, 2.45) is 11.7 Å². The van der Waals surface area contributed by atoms with Crippen LogP contribution < -0.4 is 11.1 Å². The van der Waals surface area contributed by atoms with Crippen LogP contribution in [0.2, 0.25) is 0 Å². The molecule has 4 heteroatoms. The summed E-state index contributed by atoms with van der Waals surface area (Å²) in [6, 6.07) is 0.173. The van der Waals surface area contributed by atoms with E-state index >= 15 is 0 Å². The highest BCUT2D eigenvalue weighted by Gasteiger charge is 2.17. The SMILES string of the molecule is COC(CN)C(=O)NC(C)CC(C)C. The van der Waals surface area contributed by atoms with Gasteiger partial charge < -0.3 is 15.8 Å². The predicted octanol–water partition coefficient (Wildman–Crippen LogP) is 0.511. The van der Waals surface area contributed by atoms with E-state index in [1.165, 1.54) is 7.11 Å². The van der Waals surface area contributed by atoms with Crippen molar-refractivity contribution < 1.29 is 9.53 Å². The van der Waals surface area contributed by atoms with E-state index in [0.717, 1.165) is 6.42 Å². The quantitative estimate of drug-likeness (QED) is 0.659. The van der Waals surface area contributed by atoms with Gasteiger partial charge in [0.1, 0.15) is 6.10 Å². The number of methoxy groups -OCH3 is 1. The van der Waals surface area contributed by atoms with E-state index in [-0.39, 0.29) is 18.5 Å². The van der Waals surface area contributed by atoms with Crippen LogP contribution in [0.5, 0.6) is 0 Å². The summed E-state index contributed by atoms with van der Waals surface area (Å²) in [6.07, 6.45) is 0.442. The second kappa shape index (κ2) is 6.79. The van der Waals surface area contributed by atoms with E-state index in [9.17, 15) is 4.79 Å². The van der Waals surface area contributed by atoms with Gasteiger partial charge in [-0.3, -0.25) is 4.79 Å². The van der Waals surface area contributed by atoms with Crippen molar-refractivity contribution >= 4 is 5.91 Å². The maximum absolute atomic E-state index is 11.5. The molecule has 0 rings (SSSR count). The van der Waals surface area contributed by atoms with E-state index < -0.39 is 6.10 Å². The monoisotopic (exact) mass is 202 g/mol. The summed E-state index contributed by atoms with van der Waals surface area (Å²) >= 11 is 0. The first-order chi connectivity index (χ1) is 6.51. The van der Waals surface area contributed by atoms with Gasteiger partial charge in [0.25, 0.3) is 5.91 Å². The van der Waals surface area contributed by atoms with Gasteiger partial charge in [0.15, 0.2) is 0 Å². The number of hydrogen-bond acceptors (Lipinski definition) is 3. The first-order valence-corrected chi connectivity index (χ1v) is 5.04. The van der Waals surface area contributed by atoms with E-state index in [4.69, 9.17) is 10.5 Å². The number of amides is 1. The summed E-state index contributed by atoms with van der Waals surface area (Å²) < 4.78 is 4.93. The maximum atomic E-state index is 11.5. The summed E-state index contributed by atoms with van der Waals surface area (Å²) in [7, 11) is 1.49. The van der Waals surface area contributed by atoms with E-state index in [1.807, 2.05) is 6.92 Å². The average Bonchev–Trinajstić information content (AvgIpc) is 2.04. The fourth-order valence-electron chi connectivity index (χ4n) is 1.41. The predicted molar refractivity (Wildman–Crippen MR) is 56.9 cm³/mol. The second-order valence-electron chi connectivity index (χ2n) is 4.00. The minimum absolute atomic E-state index is 0.122. The third-order valence-electron chi connectivity index (χ3n) is 2.00. The molecule has 2 unspecified atom stereocenters. The average molecular weight is 202 g/mol. The Bertz CT molecular complexity index is 168. The summed E-state index contributed by atoms with van der Waals surface area (Å²) in [5.41, 5.74) is 5.38.